The zero-order chi connectivity index (χ0) is 28.7. The Kier molecular flexibility index (Phi) is 10.1. The Morgan fingerprint density at radius 3 is 2.21 bits per heavy atom. The third-order valence-electron chi connectivity index (χ3n) is 6.06. The van der Waals surface area contributed by atoms with E-state index in [1.165, 1.54) is 43.6 Å². The molecule has 210 valence electrons. The van der Waals surface area contributed by atoms with Gasteiger partial charge in [0, 0.05) is 34.9 Å². The van der Waals surface area contributed by atoms with Crippen LogP contribution in [0.25, 0.3) is 0 Å². The molecule has 0 unspecified atom stereocenters. The first-order valence-corrected chi connectivity index (χ1v) is 14.8. The Hall–Kier alpha value is -3.38. The number of sulfone groups is 1. The number of methoxy groups -OCH3 is 2. The third kappa shape index (κ3) is 8.06. The molecule has 0 aliphatic heterocycles. The van der Waals surface area contributed by atoms with Crippen LogP contribution in [0.3, 0.4) is 0 Å². The molecule has 0 radical (unpaired) electrons. The summed E-state index contributed by atoms with van der Waals surface area (Å²) in [5.41, 5.74) is 1.50. The lowest BCUT2D eigenvalue weighted by Gasteiger charge is -2.23. The zero-order valence-corrected chi connectivity index (χ0v) is 23.8. The van der Waals surface area contributed by atoms with Gasteiger partial charge in [-0.1, -0.05) is 6.92 Å². The van der Waals surface area contributed by atoms with Gasteiger partial charge in [0.25, 0.3) is 5.91 Å². The molecule has 0 atom stereocenters. The molecule has 1 amide bonds. The summed E-state index contributed by atoms with van der Waals surface area (Å²) in [7, 11) is -0.548. The Labute approximate surface area is 230 Å². The minimum atomic E-state index is -3.52. The van der Waals surface area contributed by atoms with Crippen LogP contribution in [0.15, 0.2) is 35.7 Å². The van der Waals surface area contributed by atoms with Crippen molar-refractivity contribution in [2.75, 3.05) is 32.3 Å². The Morgan fingerprint density at radius 1 is 1.03 bits per heavy atom. The lowest BCUT2D eigenvalue weighted by Crippen LogP contribution is -2.32. The average molecular weight is 581 g/mol. The van der Waals surface area contributed by atoms with E-state index in [9.17, 15) is 26.8 Å². The minimum Gasteiger partial charge on any atom is -0.496 e. The summed E-state index contributed by atoms with van der Waals surface area (Å²) in [5.74, 6) is -2.20. The van der Waals surface area contributed by atoms with Crippen molar-refractivity contribution in [3.63, 3.8) is 0 Å². The fourth-order valence-electron chi connectivity index (χ4n) is 3.92. The number of nitrogens with zero attached hydrogens (tertiary/aromatic N) is 2. The highest BCUT2D eigenvalue weighted by Gasteiger charge is 2.23. The molecule has 0 fully saturated rings. The van der Waals surface area contributed by atoms with Crippen LogP contribution in [0.4, 0.5) is 8.78 Å². The van der Waals surface area contributed by atoms with Crippen LogP contribution in [-0.4, -0.2) is 62.3 Å². The molecule has 1 heterocycles. The molecule has 12 heteroatoms. The van der Waals surface area contributed by atoms with Gasteiger partial charge in [0.2, 0.25) is 0 Å². The van der Waals surface area contributed by atoms with Crippen LogP contribution in [0.1, 0.15) is 50.3 Å². The van der Waals surface area contributed by atoms with Crippen molar-refractivity contribution >= 4 is 32.9 Å². The maximum absolute atomic E-state index is 13.6. The van der Waals surface area contributed by atoms with E-state index in [1.807, 2.05) is 0 Å². The highest BCUT2D eigenvalue weighted by molar-refractivity contribution is 7.92. The summed E-state index contributed by atoms with van der Waals surface area (Å²) >= 11 is 1.13. The molecule has 2 aromatic carbocycles. The molecule has 0 saturated carbocycles. The van der Waals surface area contributed by atoms with Crippen LogP contribution in [-0.2, 0) is 22.8 Å². The summed E-state index contributed by atoms with van der Waals surface area (Å²) in [6, 6.07) is 6.48. The number of carbonyl (C=O) groups is 2. The van der Waals surface area contributed by atoms with Gasteiger partial charge in [0.1, 0.15) is 39.6 Å². The number of hydrogen-bond acceptors (Lipinski definition) is 8. The predicted molar refractivity (Wildman–Crippen MR) is 144 cm³/mol. The summed E-state index contributed by atoms with van der Waals surface area (Å²) < 4.78 is 61.7. The molecule has 8 nitrogen and oxygen atoms in total. The topological polar surface area (TPSA) is 103 Å². The lowest BCUT2D eigenvalue weighted by atomic mass is 10.1. The van der Waals surface area contributed by atoms with Gasteiger partial charge >= 0.3 is 0 Å². The number of ether oxygens (including phenoxy) is 2. The molecule has 0 N–H and O–H groups in total. The molecule has 0 aliphatic carbocycles. The minimum absolute atomic E-state index is 0.0216. The summed E-state index contributed by atoms with van der Waals surface area (Å²) in [5, 5.41) is 1.90. The predicted octanol–water partition coefficient (Wildman–Crippen LogP) is 4.64. The quantitative estimate of drug-likeness (QED) is 0.272. The average Bonchev–Trinajstić information content (AvgIpc) is 3.36. The second kappa shape index (κ2) is 13.1. The van der Waals surface area contributed by atoms with E-state index in [-0.39, 0.29) is 30.4 Å². The van der Waals surface area contributed by atoms with Crippen LogP contribution < -0.4 is 9.47 Å². The number of thiazole rings is 1. The monoisotopic (exact) mass is 580 g/mol. The number of rotatable bonds is 13. The van der Waals surface area contributed by atoms with Crippen molar-refractivity contribution in [2.24, 2.45) is 0 Å². The number of aromatic nitrogens is 1. The van der Waals surface area contributed by atoms with E-state index >= 15 is 0 Å². The van der Waals surface area contributed by atoms with Gasteiger partial charge in [0.05, 0.1) is 20.8 Å². The molecule has 1 aromatic heterocycles. The van der Waals surface area contributed by atoms with E-state index in [0.29, 0.717) is 40.5 Å². The van der Waals surface area contributed by atoms with Gasteiger partial charge in [-0.05, 0) is 49.6 Å². The fraction of sp³-hybridized carbons (Fsp3) is 0.370. The van der Waals surface area contributed by atoms with Crippen LogP contribution in [0.5, 0.6) is 11.5 Å². The summed E-state index contributed by atoms with van der Waals surface area (Å²) in [6.07, 6.45) is 0.705. The largest absolute Gasteiger partial charge is 0.496 e. The molecule has 39 heavy (non-hydrogen) atoms. The summed E-state index contributed by atoms with van der Waals surface area (Å²) in [4.78, 5) is 31.9. The van der Waals surface area contributed by atoms with Gasteiger partial charge in [-0.2, -0.15) is 0 Å². The zero-order valence-electron chi connectivity index (χ0n) is 22.1. The third-order valence-corrected chi connectivity index (χ3v) is 8.47. The Balaban J connectivity index is 1.86. The molecular weight excluding hydrogens is 550 g/mol. The second-order valence-corrected chi connectivity index (χ2v) is 12.1. The first kappa shape index (κ1) is 30.2. The maximum Gasteiger partial charge on any atom is 0.254 e. The van der Waals surface area contributed by atoms with E-state index in [4.69, 9.17) is 9.47 Å². The van der Waals surface area contributed by atoms with Crippen molar-refractivity contribution in [3.8, 4) is 11.5 Å². The molecule has 0 spiro atoms. The first-order chi connectivity index (χ1) is 18.5. The molecule has 0 aliphatic rings. The van der Waals surface area contributed by atoms with Crippen LogP contribution >= 0.6 is 11.3 Å². The number of aryl methyl sites for hydroxylation is 1. The molecule has 3 rings (SSSR count). The lowest BCUT2D eigenvalue weighted by molar-refractivity contribution is 0.0740. The van der Waals surface area contributed by atoms with Crippen LogP contribution in [0.2, 0.25) is 0 Å². The molecule has 3 aromatic rings. The number of halogens is 2. The highest BCUT2D eigenvalue weighted by atomic mass is 32.2. The van der Waals surface area contributed by atoms with Crippen molar-refractivity contribution < 1.29 is 36.3 Å². The van der Waals surface area contributed by atoms with Gasteiger partial charge < -0.3 is 14.4 Å². The van der Waals surface area contributed by atoms with Crippen molar-refractivity contribution in [3.05, 3.63) is 74.7 Å². The van der Waals surface area contributed by atoms with E-state index in [2.05, 4.69) is 4.98 Å². The Morgan fingerprint density at radius 2 is 1.64 bits per heavy atom. The number of amides is 1. The van der Waals surface area contributed by atoms with Gasteiger partial charge in [-0.3, -0.25) is 9.59 Å². The highest BCUT2D eigenvalue weighted by Crippen LogP contribution is 2.30. The maximum atomic E-state index is 13.6. The summed E-state index contributed by atoms with van der Waals surface area (Å²) in [6.45, 7) is 3.51. The standard InChI is InChI=1S/C27H30F2N2O6S2/c1-5-39(34,35)16-23(32)22-15-38-26(30-22)14-31(8-6-7-18-9-20(28)13-21(29)10-18)27(33)19-11-24(36-3)17(2)25(12-19)37-4/h9-13,15H,5-8,14,16H2,1-4H3. The van der Waals surface area contributed by atoms with Gasteiger partial charge in [0.15, 0.2) is 15.6 Å². The first-order valence-electron chi connectivity index (χ1n) is 12.1. The number of benzene rings is 2. The fourth-order valence-corrected chi connectivity index (χ4v) is 5.49. The Bertz CT molecular complexity index is 1410. The van der Waals surface area contributed by atoms with Crippen LogP contribution in [0, 0.1) is 18.6 Å². The number of ketones is 1. The van der Waals surface area contributed by atoms with Crippen molar-refractivity contribution in [1.82, 2.24) is 9.88 Å². The SMILES string of the molecule is CCS(=O)(=O)CC(=O)c1csc(CN(CCCc2cc(F)cc(F)c2)C(=O)c2cc(OC)c(C)c(OC)c2)n1. The second-order valence-electron chi connectivity index (χ2n) is 8.84. The van der Waals surface area contributed by atoms with E-state index < -0.39 is 33.0 Å². The number of carbonyl (C=O) groups excluding carboxylic acids is 2. The van der Waals surface area contributed by atoms with Crippen molar-refractivity contribution in [1.29, 1.82) is 0 Å². The van der Waals surface area contributed by atoms with E-state index in [0.717, 1.165) is 23.0 Å². The molecule has 0 bridgehead atoms. The number of hydrogen-bond donors (Lipinski definition) is 0. The van der Waals surface area contributed by atoms with Crippen molar-refractivity contribution in [2.45, 2.75) is 33.2 Å². The smallest absolute Gasteiger partial charge is 0.254 e. The molecular formula is C27H30F2N2O6S2. The van der Waals surface area contributed by atoms with Gasteiger partial charge in [-0.25, -0.2) is 22.2 Å². The molecule has 0 saturated heterocycles. The van der Waals surface area contributed by atoms with E-state index in [1.54, 1.807) is 19.1 Å². The normalized spacial score (nSPS) is 11.3. The number of Topliss-reactive ketones (excluding diaryl/α,β-unsaturated/α-hetero) is 1. The van der Waals surface area contributed by atoms with Gasteiger partial charge in [-0.15, -0.1) is 11.3 Å².